The van der Waals surface area contributed by atoms with Gasteiger partial charge < -0.3 is 10.4 Å². The Morgan fingerprint density at radius 2 is 1.93 bits per heavy atom. The van der Waals surface area contributed by atoms with E-state index in [2.05, 4.69) is 37.2 Å². The number of β-amino-alcohol motifs (C(OH)–C–C–N with tert-alkyl or cyclic N) is 1. The Morgan fingerprint density at radius 1 is 1.11 bits per heavy atom. The average molecular weight is 614 g/mol. The highest BCUT2D eigenvalue weighted by molar-refractivity contribution is 6.01. The molecule has 0 radical (unpaired) electrons. The lowest BCUT2D eigenvalue weighted by molar-refractivity contribution is 0.0774. The van der Waals surface area contributed by atoms with Crippen LogP contribution < -0.4 is 10.9 Å². The fourth-order valence-corrected chi connectivity index (χ4v) is 5.84. The van der Waals surface area contributed by atoms with Crippen molar-refractivity contribution in [3.05, 3.63) is 118 Å². The molecular weight excluding hydrogens is 582 g/mol. The molecule has 2 N–H and O–H groups in total. The largest absolute Gasteiger partial charge is 0.395 e. The number of benzene rings is 2. The number of carbonyl (C=O) groups excluding carboxylic acids is 1. The average Bonchev–Trinajstić information content (AvgIpc) is 3.65. The Kier molecular flexibility index (Phi) is 7.61. The van der Waals surface area contributed by atoms with Crippen molar-refractivity contribution in [3.63, 3.8) is 0 Å². The van der Waals surface area contributed by atoms with Crippen LogP contribution in [0.4, 0.5) is 0 Å². The van der Waals surface area contributed by atoms with Crippen LogP contribution in [0.2, 0.25) is 0 Å². The number of carbonyl (C=O) groups is 1. The number of aromatic nitrogens is 7. The molecule has 1 aliphatic heterocycles. The second kappa shape index (κ2) is 12.0. The summed E-state index contributed by atoms with van der Waals surface area (Å²) in [5.41, 5.74) is 3.43. The van der Waals surface area contributed by atoms with E-state index in [1.165, 1.54) is 4.57 Å². The quantitative estimate of drug-likeness (QED) is 0.263. The van der Waals surface area contributed by atoms with Crippen LogP contribution in [0.25, 0.3) is 22.2 Å². The van der Waals surface area contributed by atoms with Gasteiger partial charge in [0.15, 0.2) is 5.65 Å². The van der Waals surface area contributed by atoms with Gasteiger partial charge in [-0.2, -0.15) is 10.2 Å². The van der Waals surface area contributed by atoms with E-state index in [4.69, 9.17) is 10.1 Å². The molecule has 1 unspecified atom stereocenters. The van der Waals surface area contributed by atoms with Gasteiger partial charge in [0.1, 0.15) is 11.4 Å². The zero-order valence-electron chi connectivity index (χ0n) is 25.3. The number of nitrogens with one attached hydrogen (secondary N) is 1. The molecule has 1 saturated heterocycles. The van der Waals surface area contributed by atoms with E-state index in [1.54, 1.807) is 49.1 Å². The maximum atomic E-state index is 14.3. The summed E-state index contributed by atoms with van der Waals surface area (Å²) in [7, 11) is 0. The molecule has 230 valence electrons. The highest BCUT2D eigenvalue weighted by Crippen LogP contribution is 2.23. The fourth-order valence-electron chi connectivity index (χ4n) is 5.84. The van der Waals surface area contributed by atoms with Crippen molar-refractivity contribution in [3.8, 4) is 17.5 Å². The number of aliphatic hydroxyl groups excluding tert-OH is 1. The highest BCUT2D eigenvalue weighted by atomic mass is 16.3. The number of para-hydroxylation sites is 1. The van der Waals surface area contributed by atoms with Crippen LogP contribution in [0, 0.1) is 18.8 Å². The third kappa shape index (κ3) is 5.32. The third-order valence-corrected chi connectivity index (χ3v) is 8.14. The van der Waals surface area contributed by atoms with E-state index in [0.717, 1.165) is 18.7 Å². The lowest BCUT2D eigenvalue weighted by Gasteiger charge is -2.38. The molecule has 46 heavy (non-hydrogen) atoms. The summed E-state index contributed by atoms with van der Waals surface area (Å²) < 4.78 is 5.00. The molecule has 0 aliphatic carbocycles. The smallest absolute Gasteiger partial charge is 0.267 e. The second-order valence-electron chi connectivity index (χ2n) is 11.3. The SMILES string of the molecule is Cc1nn2cccnc2c1C(=O)NC(C)c1nc2cccc(C#Cc3cnn(C4CN(CCO)C4)c3)c2c(=O)n1-c1ccccc1. The van der Waals surface area contributed by atoms with Crippen molar-refractivity contribution < 1.29 is 9.90 Å². The van der Waals surface area contributed by atoms with Gasteiger partial charge >= 0.3 is 0 Å². The lowest BCUT2D eigenvalue weighted by Crippen LogP contribution is -2.48. The molecule has 1 amide bonds. The number of hydrogen-bond donors (Lipinski definition) is 2. The number of hydrogen-bond acceptors (Lipinski definition) is 8. The van der Waals surface area contributed by atoms with E-state index in [0.29, 0.717) is 51.4 Å². The number of nitrogens with zero attached hydrogens (tertiary/aromatic N) is 8. The van der Waals surface area contributed by atoms with Gasteiger partial charge in [0.2, 0.25) is 0 Å². The fraction of sp³-hybridized carbons (Fsp3) is 0.235. The summed E-state index contributed by atoms with van der Waals surface area (Å²) in [6.07, 6.45) is 6.98. The molecule has 12 nitrogen and oxygen atoms in total. The molecule has 6 aromatic rings. The van der Waals surface area contributed by atoms with Gasteiger partial charge in [0.05, 0.1) is 52.7 Å². The lowest BCUT2D eigenvalue weighted by atomic mass is 10.1. The number of amides is 1. The Hall–Kier alpha value is -5.64. The number of likely N-dealkylation sites (tertiary alicyclic amines) is 1. The monoisotopic (exact) mass is 613 g/mol. The Labute approximate surface area is 264 Å². The van der Waals surface area contributed by atoms with E-state index in [1.807, 2.05) is 53.3 Å². The van der Waals surface area contributed by atoms with Crippen LogP contribution in [0.1, 0.15) is 52.0 Å². The van der Waals surface area contributed by atoms with Crippen LogP contribution in [0.15, 0.2) is 84.2 Å². The van der Waals surface area contributed by atoms with E-state index >= 15 is 0 Å². The van der Waals surface area contributed by atoms with E-state index in [-0.39, 0.29) is 24.1 Å². The summed E-state index contributed by atoms with van der Waals surface area (Å²) in [4.78, 5) is 39.3. The molecule has 0 bridgehead atoms. The van der Waals surface area contributed by atoms with Gasteiger partial charge in [0.25, 0.3) is 11.5 Å². The van der Waals surface area contributed by atoms with Crippen LogP contribution in [0.5, 0.6) is 0 Å². The first-order valence-electron chi connectivity index (χ1n) is 15.0. The minimum absolute atomic E-state index is 0.143. The Morgan fingerprint density at radius 3 is 2.74 bits per heavy atom. The zero-order chi connectivity index (χ0) is 31.8. The minimum Gasteiger partial charge on any atom is -0.395 e. The number of aryl methyl sites for hydroxylation is 1. The minimum atomic E-state index is -0.650. The maximum absolute atomic E-state index is 14.3. The number of fused-ring (bicyclic) bond motifs is 2. The van der Waals surface area contributed by atoms with Gasteiger partial charge in [-0.05, 0) is 44.2 Å². The normalized spacial score (nSPS) is 14.2. The first-order chi connectivity index (χ1) is 22.4. The van der Waals surface area contributed by atoms with Crippen LogP contribution >= 0.6 is 0 Å². The van der Waals surface area contributed by atoms with Crippen molar-refractivity contribution in [2.24, 2.45) is 0 Å². The zero-order valence-corrected chi connectivity index (χ0v) is 25.3. The van der Waals surface area contributed by atoms with Gasteiger partial charge in [-0.15, -0.1) is 0 Å². The first kappa shape index (κ1) is 29.1. The Bertz CT molecular complexity index is 2200. The molecule has 1 fully saturated rings. The summed E-state index contributed by atoms with van der Waals surface area (Å²) in [5, 5.41) is 21.4. The summed E-state index contributed by atoms with van der Waals surface area (Å²) in [5.74, 6) is 6.35. The second-order valence-corrected chi connectivity index (χ2v) is 11.3. The molecular formula is C34H31N9O3. The molecule has 5 heterocycles. The molecule has 2 aromatic carbocycles. The molecule has 7 rings (SSSR count). The van der Waals surface area contributed by atoms with Crippen molar-refractivity contribution in [2.75, 3.05) is 26.2 Å². The topological polar surface area (TPSA) is 135 Å². The predicted molar refractivity (Wildman–Crippen MR) is 172 cm³/mol. The molecule has 12 heteroatoms. The van der Waals surface area contributed by atoms with Gasteiger partial charge in [-0.3, -0.25) is 23.7 Å². The van der Waals surface area contributed by atoms with Crippen LogP contribution in [0.3, 0.4) is 0 Å². The number of aliphatic hydroxyl groups is 1. The highest BCUT2D eigenvalue weighted by Gasteiger charge is 2.28. The van der Waals surface area contributed by atoms with Crippen molar-refractivity contribution in [1.29, 1.82) is 0 Å². The van der Waals surface area contributed by atoms with Gasteiger partial charge in [-0.25, -0.2) is 14.5 Å². The summed E-state index contributed by atoms with van der Waals surface area (Å²) in [6, 6.07) is 16.0. The predicted octanol–water partition coefficient (Wildman–Crippen LogP) is 2.67. The van der Waals surface area contributed by atoms with E-state index in [9.17, 15) is 9.59 Å². The number of rotatable bonds is 7. The van der Waals surface area contributed by atoms with Crippen molar-refractivity contribution in [1.82, 2.24) is 44.1 Å². The molecule has 1 atom stereocenters. The maximum Gasteiger partial charge on any atom is 0.267 e. The van der Waals surface area contributed by atoms with Crippen LogP contribution in [-0.2, 0) is 0 Å². The Balaban J connectivity index is 1.25. The molecule has 0 saturated carbocycles. The standard InChI is InChI=1S/C34H31N9O3/c1-22-29(32-35-14-7-15-41(32)39-22)33(45)37-23(2)31-38-28-11-6-8-25(30(28)34(46)43(31)26-9-4-3-5-10-26)13-12-24-18-36-42(19-24)27-20-40(21-27)16-17-44/h3-11,14-15,18-19,23,27,44H,16-17,20-21H2,1-2H3,(H,37,45). The molecule has 0 spiro atoms. The third-order valence-electron chi connectivity index (χ3n) is 8.14. The van der Waals surface area contributed by atoms with E-state index < -0.39 is 6.04 Å². The first-order valence-corrected chi connectivity index (χ1v) is 15.0. The van der Waals surface area contributed by atoms with Gasteiger partial charge in [-0.1, -0.05) is 36.1 Å². The van der Waals surface area contributed by atoms with Crippen molar-refractivity contribution in [2.45, 2.75) is 25.9 Å². The van der Waals surface area contributed by atoms with Gasteiger partial charge in [0, 0.05) is 43.8 Å². The van der Waals surface area contributed by atoms with Crippen molar-refractivity contribution >= 4 is 22.5 Å². The summed E-state index contributed by atoms with van der Waals surface area (Å²) in [6.45, 7) is 6.03. The summed E-state index contributed by atoms with van der Waals surface area (Å²) >= 11 is 0. The van der Waals surface area contributed by atoms with Crippen LogP contribution in [-0.4, -0.2) is 76.1 Å². The molecule has 4 aromatic heterocycles. The molecule has 1 aliphatic rings.